The maximum absolute atomic E-state index is 12.2. The number of hydrogen-bond acceptors (Lipinski definition) is 6. The number of carbonyl (C=O) groups excluding carboxylic acids is 1. The van der Waals surface area contributed by atoms with Gasteiger partial charge in [-0.15, -0.1) is 0 Å². The highest BCUT2D eigenvalue weighted by Gasteiger charge is 2.19. The average molecular weight is 275 g/mol. The van der Waals surface area contributed by atoms with Crippen molar-refractivity contribution >= 4 is 17.5 Å². The van der Waals surface area contributed by atoms with E-state index in [-0.39, 0.29) is 11.3 Å². The minimum atomic E-state index is -0.302. The molecule has 0 bridgehead atoms. The summed E-state index contributed by atoms with van der Waals surface area (Å²) in [5.41, 5.74) is 3.48. The predicted molar refractivity (Wildman–Crippen MR) is 75.2 cm³/mol. The molecule has 0 saturated heterocycles. The summed E-state index contributed by atoms with van der Waals surface area (Å²) in [5, 5.41) is 6.26. The van der Waals surface area contributed by atoms with Crippen LogP contribution in [0.2, 0.25) is 0 Å². The molecule has 7 heteroatoms. The highest BCUT2D eigenvalue weighted by atomic mass is 16.5. The third-order valence-electron chi connectivity index (χ3n) is 2.68. The highest BCUT2D eigenvalue weighted by Crippen LogP contribution is 2.23. The summed E-state index contributed by atoms with van der Waals surface area (Å²) in [5.74, 6) is 5.88. The number of nitrogen functional groups attached to an aromatic ring is 1. The number of nitrogens with zero attached hydrogens (tertiary/aromatic N) is 2. The van der Waals surface area contributed by atoms with Crippen LogP contribution in [0.15, 0.2) is 29.0 Å². The van der Waals surface area contributed by atoms with Gasteiger partial charge in [-0.2, -0.15) is 0 Å². The number of anilines is 2. The number of hydrogen-bond donors (Lipinski definition) is 3. The van der Waals surface area contributed by atoms with Gasteiger partial charge in [0.1, 0.15) is 12.1 Å². The van der Waals surface area contributed by atoms with E-state index in [4.69, 9.17) is 5.84 Å². The maximum atomic E-state index is 12.2. The van der Waals surface area contributed by atoms with Crippen LogP contribution in [0, 0.1) is 0 Å². The molecule has 0 aliphatic carbocycles. The minimum Gasteiger partial charge on any atom is -0.363 e. The van der Waals surface area contributed by atoms with Gasteiger partial charge in [-0.1, -0.05) is 25.9 Å². The molecule has 0 unspecified atom stereocenters. The first-order valence-corrected chi connectivity index (χ1v) is 6.11. The number of rotatable bonds is 3. The molecule has 1 amide bonds. The van der Waals surface area contributed by atoms with E-state index in [9.17, 15) is 4.79 Å². The smallest absolute Gasteiger partial charge is 0.257 e. The lowest BCUT2D eigenvalue weighted by atomic mass is 9.90. The SMILES string of the molecule is CC(C)(C)c1cc(C(=O)Nc2ccon2)cc(NN)n1. The first kappa shape index (κ1) is 14.0. The molecule has 20 heavy (non-hydrogen) atoms. The number of pyridine rings is 1. The second-order valence-corrected chi connectivity index (χ2v) is 5.36. The molecule has 0 spiro atoms. The number of carbonyl (C=O) groups is 1. The predicted octanol–water partition coefficient (Wildman–Crippen LogP) is 1.91. The molecule has 2 rings (SSSR count). The topological polar surface area (TPSA) is 106 Å². The highest BCUT2D eigenvalue weighted by molar-refractivity contribution is 6.04. The van der Waals surface area contributed by atoms with Crippen LogP contribution >= 0.6 is 0 Å². The van der Waals surface area contributed by atoms with Crippen LogP contribution in [0.1, 0.15) is 36.8 Å². The van der Waals surface area contributed by atoms with Crippen molar-refractivity contribution in [3.05, 3.63) is 35.7 Å². The van der Waals surface area contributed by atoms with E-state index in [1.807, 2.05) is 20.8 Å². The molecule has 7 nitrogen and oxygen atoms in total. The number of nitrogens with two attached hydrogens (primary N) is 1. The van der Waals surface area contributed by atoms with Crippen LogP contribution in [0.3, 0.4) is 0 Å². The van der Waals surface area contributed by atoms with Crippen molar-refractivity contribution in [2.45, 2.75) is 26.2 Å². The van der Waals surface area contributed by atoms with Crippen molar-refractivity contribution in [1.82, 2.24) is 10.1 Å². The lowest BCUT2D eigenvalue weighted by molar-refractivity contribution is 0.102. The summed E-state index contributed by atoms with van der Waals surface area (Å²) in [6.45, 7) is 6.03. The van der Waals surface area contributed by atoms with Crippen LogP contribution in [-0.4, -0.2) is 16.0 Å². The summed E-state index contributed by atoms with van der Waals surface area (Å²) in [6, 6.07) is 4.87. The molecule has 4 N–H and O–H groups in total. The summed E-state index contributed by atoms with van der Waals surface area (Å²) >= 11 is 0. The molecule has 0 fully saturated rings. The van der Waals surface area contributed by atoms with Gasteiger partial charge in [-0.25, -0.2) is 10.8 Å². The third kappa shape index (κ3) is 3.12. The monoisotopic (exact) mass is 275 g/mol. The molecule has 0 aromatic carbocycles. The van der Waals surface area contributed by atoms with Gasteiger partial charge in [-0.05, 0) is 12.1 Å². The second kappa shape index (κ2) is 5.30. The van der Waals surface area contributed by atoms with Crippen LogP contribution in [0.25, 0.3) is 0 Å². The van der Waals surface area contributed by atoms with Crippen molar-refractivity contribution < 1.29 is 9.32 Å². The summed E-state index contributed by atoms with van der Waals surface area (Å²) in [6.07, 6.45) is 1.38. The molecule has 0 aliphatic rings. The Kier molecular flexibility index (Phi) is 3.71. The van der Waals surface area contributed by atoms with E-state index < -0.39 is 0 Å². The molecule has 0 atom stereocenters. The van der Waals surface area contributed by atoms with Crippen LogP contribution in [-0.2, 0) is 5.41 Å². The quantitative estimate of drug-likeness (QED) is 0.583. The van der Waals surface area contributed by atoms with Gasteiger partial charge in [0, 0.05) is 22.7 Å². The van der Waals surface area contributed by atoms with E-state index >= 15 is 0 Å². The van der Waals surface area contributed by atoms with Gasteiger partial charge >= 0.3 is 0 Å². The Hall–Kier alpha value is -2.41. The van der Waals surface area contributed by atoms with Crippen LogP contribution in [0.5, 0.6) is 0 Å². The third-order valence-corrected chi connectivity index (χ3v) is 2.68. The standard InChI is InChI=1S/C13H17N5O2/c1-13(2,3)9-6-8(7-11(15-9)17-14)12(19)16-10-4-5-20-18-10/h4-7H,14H2,1-3H3,(H,15,17)(H,16,18,19). The Bertz CT molecular complexity index is 602. The molecule has 106 valence electrons. The number of aromatic nitrogens is 2. The Morgan fingerprint density at radius 2 is 2.05 bits per heavy atom. The number of amides is 1. The average Bonchev–Trinajstić information content (AvgIpc) is 2.90. The molecular formula is C13H17N5O2. The van der Waals surface area contributed by atoms with Crippen LogP contribution in [0.4, 0.5) is 11.6 Å². The van der Waals surface area contributed by atoms with Gasteiger partial charge in [0.15, 0.2) is 5.82 Å². The lowest BCUT2D eigenvalue weighted by Gasteiger charge is -2.19. The zero-order chi connectivity index (χ0) is 14.8. The molecule has 2 aromatic rings. The molecule has 0 radical (unpaired) electrons. The normalized spacial score (nSPS) is 11.2. The fourth-order valence-electron chi connectivity index (χ4n) is 1.59. The van der Waals surface area contributed by atoms with Crippen molar-refractivity contribution in [3.63, 3.8) is 0 Å². The van der Waals surface area contributed by atoms with E-state index in [2.05, 4.69) is 25.4 Å². The maximum Gasteiger partial charge on any atom is 0.257 e. The fourth-order valence-corrected chi connectivity index (χ4v) is 1.59. The Balaban J connectivity index is 2.33. The Morgan fingerprint density at radius 1 is 1.30 bits per heavy atom. The number of hydrazine groups is 1. The van der Waals surface area contributed by atoms with Crippen molar-refractivity contribution in [3.8, 4) is 0 Å². The summed E-state index contributed by atoms with van der Waals surface area (Å²) in [4.78, 5) is 16.5. The van der Waals surface area contributed by atoms with Crippen molar-refractivity contribution in [1.29, 1.82) is 0 Å². The summed E-state index contributed by atoms with van der Waals surface area (Å²) in [7, 11) is 0. The molecular weight excluding hydrogens is 258 g/mol. The zero-order valence-electron chi connectivity index (χ0n) is 11.6. The van der Waals surface area contributed by atoms with Gasteiger partial charge in [0.25, 0.3) is 5.91 Å². The second-order valence-electron chi connectivity index (χ2n) is 5.36. The van der Waals surface area contributed by atoms with E-state index in [1.54, 1.807) is 18.2 Å². The Morgan fingerprint density at radius 3 is 2.60 bits per heavy atom. The first-order valence-electron chi connectivity index (χ1n) is 6.11. The van der Waals surface area contributed by atoms with Crippen molar-refractivity contribution in [2.24, 2.45) is 5.84 Å². The Labute approximate surface area is 116 Å². The van der Waals surface area contributed by atoms with E-state index in [0.29, 0.717) is 17.2 Å². The number of nitrogens with one attached hydrogen (secondary N) is 2. The molecule has 0 saturated carbocycles. The lowest BCUT2D eigenvalue weighted by Crippen LogP contribution is -2.20. The van der Waals surface area contributed by atoms with Crippen molar-refractivity contribution in [2.75, 3.05) is 10.7 Å². The van der Waals surface area contributed by atoms with Gasteiger partial charge in [0.2, 0.25) is 0 Å². The largest absolute Gasteiger partial charge is 0.363 e. The molecule has 0 aliphatic heterocycles. The van der Waals surface area contributed by atoms with Gasteiger partial charge < -0.3 is 15.3 Å². The van der Waals surface area contributed by atoms with E-state index in [1.165, 1.54) is 6.26 Å². The van der Waals surface area contributed by atoms with E-state index in [0.717, 1.165) is 5.69 Å². The first-order chi connectivity index (χ1) is 9.40. The van der Waals surface area contributed by atoms with Crippen LogP contribution < -0.4 is 16.6 Å². The molecule has 2 aromatic heterocycles. The van der Waals surface area contributed by atoms with Gasteiger partial charge in [-0.3, -0.25) is 4.79 Å². The zero-order valence-corrected chi connectivity index (χ0v) is 11.6. The summed E-state index contributed by atoms with van der Waals surface area (Å²) < 4.78 is 4.66. The minimum absolute atomic E-state index is 0.199. The fraction of sp³-hybridized carbons (Fsp3) is 0.308. The molecule has 2 heterocycles. The van der Waals surface area contributed by atoms with Gasteiger partial charge in [0.05, 0.1) is 0 Å².